The van der Waals surface area contributed by atoms with Crippen molar-refractivity contribution in [1.82, 2.24) is 0 Å². The number of rotatable bonds is 16. The van der Waals surface area contributed by atoms with Gasteiger partial charge >= 0.3 is 0 Å². The van der Waals surface area contributed by atoms with Gasteiger partial charge in [0.2, 0.25) is 5.91 Å². The maximum atomic E-state index is 13.0. The fourth-order valence-electron chi connectivity index (χ4n) is 4.00. The number of amides is 1. The topological polar surface area (TPSA) is 20.3 Å². The lowest BCUT2D eigenvalue weighted by atomic mass is 10.0. The molecule has 0 unspecified atom stereocenters. The number of carbonyl (C=O) groups excluding carboxylic acids is 1. The van der Waals surface area contributed by atoms with E-state index in [-0.39, 0.29) is 5.91 Å². The Morgan fingerprint density at radius 3 is 1.33 bits per heavy atom. The van der Waals surface area contributed by atoms with Crippen molar-refractivity contribution in [3.8, 4) is 0 Å². The Hall–Kier alpha value is -2.09. The highest BCUT2D eigenvalue weighted by Crippen LogP contribution is 2.26. The second kappa shape index (κ2) is 15.7. The van der Waals surface area contributed by atoms with Crippen LogP contribution in [0.3, 0.4) is 0 Å². The van der Waals surface area contributed by atoms with Gasteiger partial charge in [0, 0.05) is 17.8 Å². The first-order chi connectivity index (χ1) is 14.8. The maximum absolute atomic E-state index is 13.0. The van der Waals surface area contributed by atoms with Crippen LogP contribution in [0.25, 0.3) is 0 Å². The summed E-state index contributed by atoms with van der Waals surface area (Å²) in [7, 11) is 0. The van der Waals surface area contributed by atoms with Gasteiger partial charge in [0.25, 0.3) is 0 Å². The Bertz CT molecular complexity index is 628. The first kappa shape index (κ1) is 24.2. The van der Waals surface area contributed by atoms with E-state index in [9.17, 15) is 4.79 Å². The monoisotopic (exact) mass is 407 g/mol. The molecule has 0 saturated carbocycles. The second-order valence-corrected chi connectivity index (χ2v) is 8.39. The molecule has 0 spiro atoms. The lowest BCUT2D eigenvalue weighted by Gasteiger charge is -2.23. The van der Waals surface area contributed by atoms with Gasteiger partial charge in [-0.25, -0.2) is 0 Å². The predicted molar refractivity (Wildman–Crippen MR) is 130 cm³/mol. The van der Waals surface area contributed by atoms with E-state index in [2.05, 4.69) is 6.92 Å². The smallest absolute Gasteiger partial charge is 0.231 e. The van der Waals surface area contributed by atoms with Crippen molar-refractivity contribution < 1.29 is 4.79 Å². The molecule has 0 N–H and O–H groups in total. The van der Waals surface area contributed by atoms with Gasteiger partial charge in [-0.1, -0.05) is 120 Å². The molecule has 0 bridgehead atoms. The van der Waals surface area contributed by atoms with E-state index < -0.39 is 0 Å². The number of carbonyl (C=O) groups is 1. The van der Waals surface area contributed by atoms with Gasteiger partial charge in [-0.05, 0) is 30.7 Å². The van der Waals surface area contributed by atoms with Gasteiger partial charge in [0.1, 0.15) is 0 Å². The van der Waals surface area contributed by atoms with Gasteiger partial charge in [-0.15, -0.1) is 0 Å². The van der Waals surface area contributed by atoms with Gasteiger partial charge in [-0.3, -0.25) is 9.69 Å². The molecule has 0 aliphatic heterocycles. The Morgan fingerprint density at radius 2 is 0.933 bits per heavy atom. The van der Waals surface area contributed by atoms with Crippen LogP contribution in [0.1, 0.15) is 96.8 Å². The van der Waals surface area contributed by atoms with E-state index in [0.29, 0.717) is 6.42 Å². The number of hydrogen-bond donors (Lipinski definition) is 0. The summed E-state index contributed by atoms with van der Waals surface area (Å²) in [6.07, 6.45) is 17.8. The number of unbranched alkanes of at least 4 members (excludes halogenated alkanes) is 12. The van der Waals surface area contributed by atoms with E-state index in [1.165, 1.54) is 70.6 Å². The van der Waals surface area contributed by atoms with Crippen LogP contribution < -0.4 is 4.90 Å². The Kier molecular flexibility index (Phi) is 12.7. The number of para-hydroxylation sites is 2. The SMILES string of the molecule is CCCCCCCCCCCCCCCC(=O)N(c1ccccc1)c1ccccc1. The molecule has 2 heteroatoms. The number of benzene rings is 2. The van der Waals surface area contributed by atoms with Crippen molar-refractivity contribution >= 4 is 17.3 Å². The molecule has 0 heterocycles. The highest BCUT2D eigenvalue weighted by Gasteiger charge is 2.16. The molecule has 30 heavy (non-hydrogen) atoms. The van der Waals surface area contributed by atoms with E-state index >= 15 is 0 Å². The molecule has 164 valence electrons. The van der Waals surface area contributed by atoms with Crippen LogP contribution in [0.4, 0.5) is 11.4 Å². The minimum absolute atomic E-state index is 0.190. The van der Waals surface area contributed by atoms with Crippen molar-refractivity contribution in [2.75, 3.05) is 4.90 Å². The molecule has 0 aromatic heterocycles. The molecule has 2 nitrogen and oxygen atoms in total. The summed E-state index contributed by atoms with van der Waals surface area (Å²) >= 11 is 0. The van der Waals surface area contributed by atoms with Crippen LogP contribution in [0.2, 0.25) is 0 Å². The fraction of sp³-hybridized carbons (Fsp3) is 0.536. The van der Waals surface area contributed by atoms with Crippen molar-refractivity contribution in [1.29, 1.82) is 0 Å². The summed E-state index contributed by atoms with van der Waals surface area (Å²) in [6.45, 7) is 2.28. The molecule has 2 aromatic carbocycles. The standard InChI is InChI=1S/C28H41NO/c1-2-3-4-5-6-7-8-9-10-11-12-13-20-25-28(30)29(26-21-16-14-17-22-26)27-23-18-15-19-24-27/h14-19,21-24H,2-13,20,25H2,1H3. The second-order valence-electron chi connectivity index (χ2n) is 8.39. The molecule has 0 radical (unpaired) electrons. The largest absolute Gasteiger partial charge is 0.281 e. The van der Waals surface area contributed by atoms with Crippen LogP contribution in [-0.2, 0) is 4.79 Å². The van der Waals surface area contributed by atoms with Crippen LogP contribution in [0, 0.1) is 0 Å². The number of anilines is 2. The lowest BCUT2D eigenvalue weighted by molar-refractivity contribution is -0.118. The molecular formula is C28H41NO. The average Bonchev–Trinajstić information content (AvgIpc) is 2.78. The lowest BCUT2D eigenvalue weighted by Crippen LogP contribution is -2.25. The van der Waals surface area contributed by atoms with Crippen LogP contribution in [-0.4, -0.2) is 5.91 Å². The maximum Gasteiger partial charge on any atom is 0.231 e. The molecule has 2 rings (SSSR count). The third-order valence-corrected chi connectivity index (χ3v) is 5.77. The van der Waals surface area contributed by atoms with Crippen molar-refractivity contribution in [2.24, 2.45) is 0 Å². The Morgan fingerprint density at radius 1 is 0.567 bits per heavy atom. The van der Waals surface area contributed by atoms with Crippen molar-refractivity contribution in [2.45, 2.75) is 96.8 Å². The summed E-state index contributed by atoms with van der Waals surface area (Å²) < 4.78 is 0. The van der Waals surface area contributed by atoms with Crippen molar-refractivity contribution in [3.05, 3.63) is 60.7 Å². The molecule has 0 aliphatic carbocycles. The highest BCUT2D eigenvalue weighted by molar-refractivity contribution is 6.00. The van der Waals surface area contributed by atoms with E-state index in [0.717, 1.165) is 24.2 Å². The van der Waals surface area contributed by atoms with Gasteiger partial charge < -0.3 is 0 Å². The normalized spacial score (nSPS) is 10.8. The summed E-state index contributed by atoms with van der Waals surface area (Å²) in [4.78, 5) is 14.8. The summed E-state index contributed by atoms with van der Waals surface area (Å²) in [5, 5.41) is 0. The number of nitrogens with zero attached hydrogens (tertiary/aromatic N) is 1. The number of hydrogen-bond acceptors (Lipinski definition) is 1. The van der Waals surface area contributed by atoms with E-state index in [1.54, 1.807) is 0 Å². The minimum atomic E-state index is 0.190. The molecule has 0 atom stereocenters. The highest BCUT2D eigenvalue weighted by atomic mass is 16.2. The summed E-state index contributed by atoms with van der Waals surface area (Å²) in [6, 6.07) is 20.0. The van der Waals surface area contributed by atoms with Crippen LogP contribution >= 0.6 is 0 Å². The molecule has 0 fully saturated rings. The molecule has 1 amide bonds. The van der Waals surface area contributed by atoms with E-state index in [1.807, 2.05) is 65.6 Å². The molecular weight excluding hydrogens is 366 g/mol. The quantitative estimate of drug-likeness (QED) is 0.254. The Balaban J connectivity index is 1.60. The van der Waals surface area contributed by atoms with Crippen LogP contribution in [0.5, 0.6) is 0 Å². The summed E-state index contributed by atoms with van der Waals surface area (Å²) in [5.41, 5.74) is 1.90. The average molecular weight is 408 g/mol. The fourth-order valence-corrected chi connectivity index (χ4v) is 4.00. The van der Waals surface area contributed by atoms with Gasteiger partial charge in [0.05, 0.1) is 0 Å². The Labute approximate surface area is 184 Å². The molecule has 0 saturated heterocycles. The third kappa shape index (κ3) is 9.61. The van der Waals surface area contributed by atoms with Gasteiger partial charge in [-0.2, -0.15) is 0 Å². The van der Waals surface area contributed by atoms with Crippen molar-refractivity contribution in [3.63, 3.8) is 0 Å². The summed E-state index contributed by atoms with van der Waals surface area (Å²) in [5.74, 6) is 0.190. The zero-order chi connectivity index (χ0) is 21.3. The third-order valence-electron chi connectivity index (χ3n) is 5.77. The zero-order valence-corrected chi connectivity index (χ0v) is 19.0. The zero-order valence-electron chi connectivity index (χ0n) is 19.0. The van der Waals surface area contributed by atoms with Crippen LogP contribution in [0.15, 0.2) is 60.7 Å². The first-order valence-electron chi connectivity index (χ1n) is 12.3. The van der Waals surface area contributed by atoms with Gasteiger partial charge in [0.15, 0.2) is 0 Å². The molecule has 0 aliphatic rings. The predicted octanol–water partition coefficient (Wildman–Crippen LogP) is 8.83. The van der Waals surface area contributed by atoms with E-state index in [4.69, 9.17) is 0 Å². The molecule has 2 aromatic rings. The minimum Gasteiger partial charge on any atom is -0.281 e. The first-order valence-corrected chi connectivity index (χ1v) is 12.3.